The van der Waals surface area contributed by atoms with Crippen LogP contribution >= 0.6 is 0 Å². The summed E-state index contributed by atoms with van der Waals surface area (Å²) >= 11 is 0. The lowest BCUT2D eigenvalue weighted by Gasteiger charge is -2.44. The predicted octanol–water partition coefficient (Wildman–Crippen LogP) is 2.12. The minimum atomic E-state index is -2.61. The molecule has 2 rings (SSSR count). The minimum Gasteiger partial charge on any atom is -0.320 e. The SMILES string of the molecule is CC(C)Cn1nccc1C1(N)CC(F)(F)C1. The van der Waals surface area contributed by atoms with E-state index in [-0.39, 0.29) is 12.8 Å². The van der Waals surface area contributed by atoms with Gasteiger partial charge in [-0.25, -0.2) is 8.78 Å². The summed E-state index contributed by atoms with van der Waals surface area (Å²) in [7, 11) is 0. The largest absolute Gasteiger partial charge is 0.320 e. The van der Waals surface area contributed by atoms with Crippen LogP contribution in [0.25, 0.3) is 0 Å². The van der Waals surface area contributed by atoms with Gasteiger partial charge in [-0.2, -0.15) is 5.10 Å². The molecule has 0 aromatic carbocycles. The van der Waals surface area contributed by atoms with Crippen LogP contribution in [0.1, 0.15) is 32.4 Å². The molecule has 90 valence electrons. The standard InChI is InChI=1S/C11H17F2N3/c1-8(2)5-16-9(3-4-15-16)10(14)6-11(12,13)7-10/h3-4,8H,5-7,14H2,1-2H3. The molecule has 0 aliphatic heterocycles. The lowest BCUT2D eigenvalue weighted by atomic mass is 9.72. The fraction of sp³-hybridized carbons (Fsp3) is 0.727. The fourth-order valence-electron chi connectivity index (χ4n) is 2.30. The molecule has 2 N–H and O–H groups in total. The molecular weight excluding hydrogens is 212 g/mol. The number of nitrogens with two attached hydrogens (primary N) is 1. The van der Waals surface area contributed by atoms with Crippen molar-refractivity contribution in [2.24, 2.45) is 11.7 Å². The van der Waals surface area contributed by atoms with Gasteiger partial charge in [0, 0.05) is 25.6 Å². The first-order valence-corrected chi connectivity index (χ1v) is 5.51. The second kappa shape index (κ2) is 3.52. The molecule has 0 radical (unpaired) electrons. The Morgan fingerprint density at radius 2 is 2.12 bits per heavy atom. The Labute approximate surface area is 93.6 Å². The molecule has 0 atom stereocenters. The lowest BCUT2D eigenvalue weighted by molar-refractivity contribution is -0.127. The Morgan fingerprint density at radius 3 is 2.62 bits per heavy atom. The molecule has 0 amide bonds. The number of halogens is 2. The topological polar surface area (TPSA) is 43.8 Å². The van der Waals surface area contributed by atoms with E-state index in [0.29, 0.717) is 12.5 Å². The van der Waals surface area contributed by atoms with Gasteiger partial charge >= 0.3 is 0 Å². The van der Waals surface area contributed by atoms with E-state index < -0.39 is 11.5 Å². The summed E-state index contributed by atoms with van der Waals surface area (Å²) in [6.07, 6.45) is 1.08. The fourth-order valence-corrected chi connectivity index (χ4v) is 2.30. The zero-order valence-electron chi connectivity index (χ0n) is 9.58. The van der Waals surface area contributed by atoms with Gasteiger partial charge in [-0.05, 0) is 12.0 Å². The molecule has 0 spiro atoms. The summed E-state index contributed by atoms with van der Waals surface area (Å²) < 4.78 is 27.6. The lowest BCUT2D eigenvalue weighted by Crippen LogP contribution is -2.56. The molecular formula is C11H17F2N3. The van der Waals surface area contributed by atoms with Crippen LogP contribution in [0.2, 0.25) is 0 Å². The number of nitrogens with zero attached hydrogens (tertiary/aromatic N) is 2. The maximum absolute atomic E-state index is 12.9. The third-order valence-corrected chi connectivity index (χ3v) is 2.91. The van der Waals surface area contributed by atoms with Gasteiger partial charge in [0.05, 0.1) is 11.2 Å². The minimum absolute atomic E-state index is 0.274. The Balaban J connectivity index is 2.19. The highest BCUT2D eigenvalue weighted by Gasteiger charge is 2.56. The van der Waals surface area contributed by atoms with E-state index in [1.54, 1.807) is 16.9 Å². The average Bonchev–Trinajstić information content (AvgIpc) is 2.47. The van der Waals surface area contributed by atoms with Crippen LogP contribution in [0.5, 0.6) is 0 Å². The van der Waals surface area contributed by atoms with Crippen LogP contribution in [0.4, 0.5) is 8.78 Å². The molecule has 1 aromatic heterocycles. The van der Waals surface area contributed by atoms with Crippen LogP contribution < -0.4 is 5.73 Å². The van der Waals surface area contributed by atoms with Crippen molar-refractivity contribution in [2.45, 2.75) is 44.7 Å². The number of rotatable bonds is 3. The first-order chi connectivity index (χ1) is 7.32. The maximum Gasteiger partial charge on any atom is 0.252 e. The Bertz CT molecular complexity index is 376. The first-order valence-electron chi connectivity index (χ1n) is 5.51. The summed E-state index contributed by atoms with van der Waals surface area (Å²) in [5.74, 6) is -2.19. The number of alkyl halides is 2. The van der Waals surface area contributed by atoms with Gasteiger partial charge < -0.3 is 5.73 Å². The smallest absolute Gasteiger partial charge is 0.252 e. The normalized spacial score (nSPS) is 22.1. The second-order valence-electron chi connectivity index (χ2n) is 5.16. The van der Waals surface area contributed by atoms with Crippen LogP contribution in [-0.4, -0.2) is 15.7 Å². The molecule has 5 heteroatoms. The first kappa shape index (κ1) is 11.5. The molecule has 1 aliphatic rings. The van der Waals surface area contributed by atoms with Crippen molar-refractivity contribution in [3.8, 4) is 0 Å². The van der Waals surface area contributed by atoms with Crippen molar-refractivity contribution in [3.05, 3.63) is 18.0 Å². The van der Waals surface area contributed by atoms with Crippen LogP contribution in [0, 0.1) is 5.92 Å². The van der Waals surface area contributed by atoms with Gasteiger partial charge in [-0.15, -0.1) is 0 Å². The number of hydrogen-bond donors (Lipinski definition) is 1. The zero-order chi connectivity index (χ0) is 12.0. The van der Waals surface area contributed by atoms with Crippen molar-refractivity contribution < 1.29 is 8.78 Å². The molecule has 0 saturated heterocycles. The maximum atomic E-state index is 12.9. The Kier molecular flexibility index (Phi) is 2.53. The summed E-state index contributed by atoms with van der Waals surface area (Å²) in [4.78, 5) is 0. The zero-order valence-corrected chi connectivity index (χ0v) is 9.58. The van der Waals surface area contributed by atoms with E-state index in [1.165, 1.54) is 0 Å². The van der Waals surface area contributed by atoms with Gasteiger partial charge in [0.25, 0.3) is 5.92 Å². The van der Waals surface area contributed by atoms with Crippen molar-refractivity contribution in [1.29, 1.82) is 0 Å². The molecule has 0 unspecified atom stereocenters. The van der Waals surface area contributed by atoms with Gasteiger partial charge in [-0.3, -0.25) is 4.68 Å². The summed E-state index contributed by atoms with van der Waals surface area (Å²) in [6, 6.07) is 1.75. The van der Waals surface area contributed by atoms with E-state index >= 15 is 0 Å². The molecule has 1 fully saturated rings. The van der Waals surface area contributed by atoms with E-state index in [9.17, 15) is 8.78 Å². The molecule has 3 nitrogen and oxygen atoms in total. The quantitative estimate of drug-likeness (QED) is 0.862. The molecule has 1 heterocycles. The van der Waals surface area contributed by atoms with Crippen LogP contribution in [-0.2, 0) is 12.1 Å². The van der Waals surface area contributed by atoms with E-state index in [2.05, 4.69) is 18.9 Å². The third kappa shape index (κ3) is 1.96. The summed E-state index contributed by atoms with van der Waals surface area (Å²) in [5.41, 5.74) is 5.81. The molecule has 1 aliphatic carbocycles. The number of hydrogen-bond acceptors (Lipinski definition) is 2. The molecule has 16 heavy (non-hydrogen) atoms. The van der Waals surface area contributed by atoms with Gasteiger partial charge in [-0.1, -0.05) is 13.8 Å². The highest BCUT2D eigenvalue weighted by atomic mass is 19.3. The van der Waals surface area contributed by atoms with Crippen molar-refractivity contribution in [1.82, 2.24) is 9.78 Å². The summed E-state index contributed by atoms with van der Waals surface area (Å²) in [6.45, 7) is 4.83. The Hall–Kier alpha value is -0.970. The average molecular weight is 229 g/mol. The third-order valence-electron chi connectivity index (χ3n) is 2.91. The second-order valence-corrected chi connectivity index (χ2v) is 5.16. The number of aromatic nitrogens is 2. The predicted molar refractivity (Wildman–Crippen MR) is 57.1 cm³/mol. The van der Waals surface area contributed by atoms with Crippen molar-refractivity contribution >= 4 is 0 Å². The highest BCUT2D eigenvalue weighted by molar-refractivity contribution is 5.21. The van der Waals surface area contributed by atoms with Gasteiger partial charge in [0.1, 0.15) is 0 Å². The molecule has 1 saturated carbocycles. The van der Waals surface area contributed by atoms with Gasteiger partial charge in [0.15, 0.2) is 0 Å². The molecule has 0 bridgehead atoms. The monoisotopic (exact) mass is 229 g/mol. The van der Waals surface area contributed by atoms with Gasteiger partial charge in [0.2, 0.25) is 0 Å². The van der Waals surface area contributed by atoms with E-state index in [4.69, 9.17) is 5.73 Å². The van der Waals surface area contributed by atoms with E-state index in [0.717, 1.165) is 5.69 Å². The van der Waals surface area contributed by atoms with E-state index in [1.807, 2.05) is 0 Å². The summed E-state index contributed by atoms with van der Waals surface area (Å²) in [5, 5.41) is 4.14. The Morgan fingerprint density at radius 1 is 1.50 bits per heavy atom. The highest BCUT2D eigenvalue weighted by Crippen LogP contribution is 2.49. The van der Waals surface area contributed by atoms with Crippen molar-refractivity contribution in [3.63, 3.8) is 0 Å². The molecule has 1 aromatic rings. The van der Waals surface area contributed by atoms with Crippen molar-refractivity contribution in [2.75, 3.05) is 0 Å². The van der Waals surface area contributed by atoms with Crippen LogP contribution in [0.15, 0.2) is 12.3 Å². The van der Waals surface area contributed by atoms with Crippen LogP contribution in [0.3, 0.4) is 0 Å².